The molecular formula is C11H16O. The lowest BCUT2D eigenvalue weighted by Crippen LogP contribution is -1.99. The van der Waals surface area contributed by atoms with Gasteiger partial charge in [0.1, 0.15) is 5.94 Å². The van der Waals surface area contributed by atoms with Gasteiger partial charge in [0, 0.05) is 5.41 Å². The molecule has 0 aromatic heterocycles. The summed E-state index contributed by atoms with van der Waals surface area (Å²) in [7, 11) is 0. The topological polar surface area (TPSA) is 17.1 Å². The van der Waals surface area contributed by atoms with Crippen molar-refractivity contribution in [3.63, 3.8) is 0 Å². The fourth-order valence-corrected chi connectivity index (χ4v) is 0.652. The summed E-state index contributed by atoms with van der Waals surface area (Å²) >= 11 is 0. The summed E-state index contributed by atoms with van der Waals surface area (Å²) in [5, 5.41) is 0. The van der Waals surface area contributed by atoms with Crippen molar-refractivity contribution < 1.29 is 4.79 Å². The molecule has 0 heterocycles. The van der Waals surface area contributed by atoms with Crippen molar-refractivity contribution in [2.75, 3.05) is 0 Å². The van der Waals surface area contributed by atoms with Gasteiger partial charge < -0.3 is 0 Å². The molecule has 0 N–H and O–H groups in total. The number of rotatable bonds is 2. The zero-order chi connectivity index (χ0) is 9.61. The second kappa shape index (κ2) is 4.80. The molecule has 0 saturated carbocycles. The maximum absolute atomic E-state index is 10.3. The summed E-state index contributed by atoms with van der Waals surface area (Å²) in [6.45, 7) is 8.09. The monoisotopic (exact) mass is 164 g/mol. The van der Waals surface area contributed by atoms with Crippen LogP contribution in [0.2, 0.25) is 0 Å². The zero-order valence-electron chi connectivity index (χ0n) is 8.32. The van der Waals surface area contributed by atoms with E-state index in [1.807, 2.05) is 33.6 Å². The summed E-state index contributed by atoms with van der Waals surface area (Å²) in [5.41, 5.74) is 0.558. The predicted molar refractivity (Wildman–Crippen MR) is 51.3 cm³/mol. The van der Waals surface area contributed by atoms with Crippen LogP contribution in [0.1, 0.15) is 40.5 Å². The zero-order valence-corrected chi connectivity index (χ0v) is 8.32. The Morgan fingerprint density at radius 1 is 1.33 bits per heavy atom. The molecule has 0 atom stereocenters. The summed E-state index contributed by atoms with van der Waals surface area (Å²) in [5.74, 6) is 7.73. The summed E-state index contributed by atoms with van der Waals surface area (Å²) in [6.07, 6.45) is 1.69. The van der Waals surface area contributed by atoms with Gasteiger partial charge in [0.15, 0.2) is 0 Å². The van der Waals surface area contributed by atoms with Crippen LogP contribution in [-0.2, 0) is 4.79 Å². The second-order valence-electron chi connectivity index (χ2n) is 3.83. The van der Waals surface area contributed by atoms with Gasteiger partial charge in [-0.05, 0) is 27.2 Å². The lowest BCUT2D eigenvalue weighted by atomic mass is 9.97. The number of hydrogen-bond acceptors (Lipinski definition) is 1. The van der Waals surface area contributed by atoms with E-state index in [2.05, 4.69) is 11.8 Å². The van der Waals surface area contributed by atoms with Crippen molar-refractivity contribution in [3.8, 4) is 11.8 Å². The Labute approximate surface area is 74.9 Å². The van der Waals surface area contributed by atoms with Gasteiger partial charge in [-0.2, -0.15) is 0 Å². The van der Waals surface area contributed by atoms with Crippen molar-refractivity contribution in [1.29, 1.82) is 0 Å². The molecule has 0 aliphatic heterocycles. The Morgan fingerprint density at radius 3 is 2.25 bits per heavy atom. The van der Waals surface area contributed by atoms with E-state index < -0.39 is 0 Å². The Balaban J connectivity index is 4.38. The molecule has 0 radical (unpaired) electrons. The highest BCUT2D eigenvalue weighted by Gasteiger charge is 2.03. The van der Waals surface area contributed by atoms with Crippen molar-refractivity contribution >= 4 is 5.94 Å². The Bertz CT molecular complexity index is 238. The molecule has 0 rings (SSSR count). The predicted octanol–water partition coefficient (Wildman–Crippen LogP) is 2.59. The standard InChI is InChI=1S/C11H16O/c1-5-6-10(9-12)7-8-11(2,3)4/h5-6H2,1-4H3. The van der Waals surface area contributed by atoms with E-state index >= 15 is 0 Å². The van der Waals surface area contributed by atoms with E-state index in [1.165, 1.54) is 0 Å². The van der Waals surface area contributed by atoms with Crippen molar-refractivity contribution in [1.82, 2.24) is 0 Å². The van der Waals surface area contributed by atoms with Crippen LogP contribution in [-0.4, -0.2) is 5.94 Å². The quantitative estimate of drug-likeness (QED) is 0.453. The lowest BCUT2D eigenvalue weighted by molar-refractivity contribution is 0.566. The molecule has 0 bridgehead atoms. The molecule has 0 aromatic carbocycles. The minimum absolute atomic E-state index is 0.0319. The normalized spacial score (nSPS) is 9.67. The number of hydrogen-bond donors (Lipinski definition) is 0. The van der Waals surface area contributed by atoms with E-state index in [9.17, 15) is 4.79 Å². The van der Waals surface area contributed by atoms with Crippen LogP contribution in [0, 0.1) is 17.3 Å². The second-order valence-corrected chi connectivity index (χ2v) is 3.83. The lowest BCUT2D eigenvalue weighted by Gasteiger charge is -2.06. The van der Waals surface area contributed by atoms with Crippen LogP contribution in [0.3, 0.4) is 0 Å². The van der Waals surface area contributed by atoms with E-state index in [0.29, 0.717) is 5.57 Å². The third-order valence-corrected chi connectivity index (χ3v) is 1.21. The van der Waals surface area contributed by atoms with Crippen LogP contribution in [0.25, 0.3) is 0 Å². The van der Waals surface area contributed by atoms with Crippen LogP contribution in [0.4, 0.5) is 0 Å². The number of allylic oxidation sites excluding steroid dienone is 1. The van der Waals surface area contributed by atoms with Crippen LogP contribution < -0.4 is 0 Å². The highest BCUT2D eigenvalue weighted by molar-refractivity contribution is 5.60. The molecule has 1 nitrogen and oxygen atoms in total. The minimum atomic E-state index is -0.0319. The Hall–Kier alpha value is -0.990. The Morgan fingerprint density at radius 2 is 1.92 bits per heavy atom. The fraction of sp³-hybridized carbons (Fsp3) is 0.636. The highest BCUT2D eigenvalue weighted by Crippen LogP contribution is 2.10. The number of carbonyl (C=O) groups excluding carboxylic acids is 1. The minimum Gasteiger partial charge on any atom is -0.232 e. The molecule has 0 unspecified atom stereocenters. The highest BCUT2D eigenvalue weighted by atomic mass is 16.1. The van der Waals surface area contributed by atoms with Gasteiger partial charge in [0.05, 0.1) is 5.57 Å². The molecular weight excluding hydrogens is 148 g/mol. The average Bonchev–Trinajstić information content (AvgIpc) is 1.96. The molecule has 0 saturated heterocycles. The van der Waals surface area contributed by atoms with Crippen molar-refractivity contribution in [3.05, 3.63) is 5.57 Å². The molecule has 0 aliphatic carbocycles. The van der Waals surface area contributed by atoms with E-state index in [4.69, 9.17) is 0 Å². The van der Waals surface area contributed by atoms with Gasteiger partial charge >= 0.3 is 0 Å². The summed E-state index contributed by atoms with van der Waals surface area (Å²) in [4.78, 5) is 10.3. The van der Waals surface area contributed by atoms with Gasteiger partial charge in [0.25, 0.3) is 0 Å². The SMILES string of the molecule is CCCC(=C=O)C#CC(C)(C)C. The van der Waals surface area contributed by atoms with E-state index in [0.717, 1.165) is 12.8 Å². The molecule has 0 spiro atoms. The first kappa shape index (κ1) is 11.0. The van der Waals surface area contributed by atoms with E-state index in [1.54, 1.807) is 0 Å². The fourth-order valence-electron chi connectivity index (χ4n) is 0.652. The third-order valence-electron chi connectivity index (χ3n) is 1.21. The van der Waals surface area contributed by atoms with Gasteiger partial charge in [-0.25, -0.2) is 4.79 Å². The molecule has 1 heteroatoms. The molecule has 0 amide bonds. The first-order chi connectivity index (χ1) is 5.49. The van der Waals surface area contributed by atoms with Crippen molar-refractivity contribution in [2.45, 2.75) is 40.5 Å². The molecule has 0 aliphatic rings. The van der Waals surface area contributed by atoms with Crippen LogP contribution >= 0.6 is 0 Å². The third kappa shape index (κ3) is 5.77. The van der Waals surface area contributed by atoms with Gasteiger partial charge in [-0.15, -0.1) is 0 Å². The Kier molecular flexibility index (Phi) is 4.40. The maximum atomic E-state index is 10.3. The van der Waals surface area contributed by atoms with Gasteiger partial charge in [0.2, 0.25) is 0 Å². The first-order valence-electron chi connectivity index (χ1n) is 4.26. The maximum Gasteiger partial charge on any atom is 0.137 e. The summed E-state index contributed by atoms with van der Waals surface area (Å²) in [6, 6.07) is 0. The molecule has 12 heavy (non-hydrogen) atoms. The molecule has 66 valence electrons. The van der Waals surface area contributed by atoms with Crippen LogP contribution in [0.15, 0.2) is 5.57 Å². The average molecular weight is 164 g/mol. The van der Waals surface area contributed by atoms with Gasteiger partial charge in [-0.1, -0.05) is 25.2 Å². The van der Waals surface area contributed by atoms with Gasteiger partial charge in [-0.3, -0.25) is 0 Å². The molecule has 0 aromatic rings. The largest absolute Gasteiger partial charge is 0.232 e. The summed E-state index contributed by atoms with van der Waals surface area (Å²) < 4.78 is 0. The van der Waals surface area contributed by atoms with Crippen molar-refractivity contribution in [2.24, 2.45) is 5.41 Å². The van der Waals surface area contributed by atoms with E-state index in [-0.39, 0.29) is 5.41 Å². The molecule has 0 fully saturated rings. The first-order valence-corrected chi connectivity index (χ1v) is 4.26. The smallest absolute Gasteiger partial charge is 0.137 e. The van der Waals surface area contributed by atoms with Crippen LogP contribution in [0.5, 0.6) is 0 Å².